The predicted octanol–water partition coefficient (Wildman–Crippen LogP) is 0.990. The van der Waals surface area contributed by atoms with Crippen LogP contribution in [0.15, 0.2) is 5.16 Å². The molecule has 1 atom stereocenters. The van der Waals surface area contributed by atoms with Crippen LogP contribution in [0, 0.1) is 0 Å². The van der Waals surface area contributed by atoms with Crippen LogP contribution in [-0.4, -0.2) is 30.4 Å². The Bertz CT molecular complexity index is 145. The molecule has 0 bridgehead atoms. The van der Waals surface area contributed by atoms with Gasteiger partial charge in [0.15, 0.2) is 6.29 Å². The highest BCUT2D eigenvalue weighted by molar-refractivity contribution is 5.87. The Balaban J connectivity index is 2.45. The zero-order valence-corrected chi connectivity index (χ0v) is 6.62. The number of rotatable bonds is 2. The first-order chi connectivity index (χ1) is 5.38. The lowest BCUT2D eigenvalue weighted by Crippen LogP contribution is -2.32. The summed E-state index contributed by atoms with van der Waals surface area (Å²) in [6.07, 6.45) is 1.25. The number of hydrogen-bond donors (Lipinski definition) is 1. The summed E-state index contributed by atoms with van der Waals surface area (Å²) in [6, 6.07) is 0. The topological polar surface area (TPSA) is 51.0 Å². The Morgan fingerprint density at radius 1 is 1.82 bits per heavy atom. The molecule has 1 aliphatic rings. The predicted molar refractivity (Wildman–Crippen MR) is 39.8 cm³/mol. The fourth-order valence-corrected chi connectivity index (χ4v) is 1.05. The molecule has 4 heteroatoms. The van der Waals surface area contributed by atoms with Crippen LogP contribution < -0.4 is 0 Å². The molecule has 0 aromatic rings. The first-order valence-electron chi connectivity index (χ1n) is 3.82. The molecule has 0 aliphatic carbocycles. The molecule has 1 aliphatic heterocycles. The highest BCUT2D eigenvalue weighted by atomic mass is 16.7. The summed E-state index contributed by atoms with van der Waals surface area (Å²) in [5, 5.41) is 11.6. The van der Waals surface area contributed by atoms with Crippen molar-refractivity contribution in [3.63, 3.8) is 0 Å². The van der Waals surface area contributed by atoms with Crippen molar-refractivity contribution in [1.82, 2.24) is 0 Å². The molecule has 1 saturated heterocycles. The summed E-state index contributed by atoms with van der Waals surface area (Å²) < 4.78 is 10.4. The van der Waals surface area contributed by atoms with Crippen molar-refractivity contribution in [2.24, 2.45) is 5.16 Å². The highest BCUT2D eigenvalue weighted by Gasteiger charge is 2.21. The van der Waals surface area contributed by atoms with Gasteiger partial charge in [0.1, 0.15) is 5.71 Å². The average Bonchev–Trinajstić information content (AvgIpc) is 2.06. The van der Waals surface area contributed by atoms with E-state index in [4.69, 9.17) is 14.7 Å². The molecule has 1 heterocycles. The lowest BCUT2D eigenvalue weighted by atomic mass is 10.2. The number of ether oxygens (including phenoxy) is 2. The van der Waals surface area contributed by atoms with Crippen LogP contribution in [-0.2, 0) is 9.47 Å². The Hall–Kier alpha value is -0.610. The fourth-order valence-electron chi connectivity index (χ4n) is 1.05. The fraction of sp³-hybridized carbons (Fsp3) is 0.857. The maximum absolute atomic E-state index is 8.52. The Morgan fingerprint density at radius 2 is 2.64 bits per heavy atom. The second-order valence-corrected chi connectivity index (χ2v) is 2.35. The van der Waals surface area contributed by atoms with Crippen LogP contribution in [0.25, 0.3) is 0 Å². The molecule has 0 amide bonds. The van der Waals surface area contributed by atoms with E-state index in [1.54, 1.807) is 0 Å². The molecule has 0 aromatic heterocycles. The molecule has 1 N–H and O–H groups in total. The van der Waals surface area contributed by atoms with E-state index in [2.05, 4.69) is 5.16 Å². The first kappa shape index (κ1) is 8.49. The molecule has 64 valence electrons. The molecule has 0 saturated carbocycles. The summed E-state index contributed by atoms with van der Waals surface area (Å²) in [5.74, 6) is 0. The quantitative estimate of drug-likeness (QED) is 0.483. The average molecular weight is 159 g/mol. The minimum absolute atomic E-state index is 0.418. The van der Waals surface area contributed by atoms with Crippen LogP contribution in [0.1, 0.15) is 19.8 Å². The van der Waals surface area contributed by atoms with E-state index in [-0.39, 0.29) is 0 Å². The second kappa shape index (κ2) is 4.31. The summed E-state index contributed by atoms with van der Waals surface area (Å²) in [5.41, 5.74) is 0.595. The van der Waals surface area contributed by atoms with Gasteiger partial charge in [-0.1, -0.05) is 5.16 Å². The monoisotopic (exact) mass is 159 g/mol. The van der Waals surface area contributed by atoms with Gasteiger partial charge in [0, 0.05) is 6.61 Å². The van der Waals surface area contributed by atoms with Crippen LogP contribution >= 0.6 is 0 Å². The van der Waals surface area contributed by atoms with Gasteiger partial charge in [-0.3, -0.25) is 0 Å². The Morgan fingerprint density at radius 3 is 3.27 bits per heavy atom. The van der Waals surface area contributed by atoms with E-state index in [9.17, 15) is 0 Å². The maximum atomic E-state index is 8.52. The minimum Gasteiger partial charge on any atom is -0.411 e. The third-order valence-electron chi connectivity index (χ3n) is 1.57. The molecule has 4 nitrogen and oxygen atoms in total. The molecular weight excluding hydrogens is 146 g/mol. The van der Waals surface area contributed by atoms with Crippen LogP contribution in [0.5, 0.6) is 0 Å². The van der Waals surface area contributed by atoms with Crippen LogP contribution in [0.4, 0.5) is 0 Å². The van der Waals surface area contributed by atoms with Crippen molar-refractivity contribution >= 4 is 5.71 Å². The van der Waals surface area contributed by atoms with Gasteiger partial charge in [0.25, 0.3) is 0 Å². The molecule has 1 fully saturated rings. The lowest BCUT2D eigenvalue weighted by molar-refractivity contribution is -0.105. The summed E-state index contributed by atoms with van der Waals surface area (Å²) >= 11 is 0. The zero-order valence-electron chi connectivity index (χ0n) is 6.62. The van der Waals surface area contributed by atoms with Gasteiger partial charge in [-0.15, -0.1) is 0 Å². The van der Waals surface area contributed by atoms with Crippen molar-refractivity contribution in [2.75, 3.05) is 13.2 Å². The second-order valence-electron chi connectivity index (χ2n) is 2.35. The molecule has 0 aromatic carbocycles. The van der Waals surface area contributed by atoms with Crippen molar-refractivity contribution in [2.45, 2.75) is 26.1 Å². The SMILES string of the molecule is CCOC1OCCC/C1=N/O. The van der Waals surface area contributed by atoms with Gasteiger partial charge in [-0.2, -0.15) is 0 Å². The summed E-state index contributed by atoms with van der Waals surface area (Å²) in [7, 11) is 0. The molecular formula is C7H13NO3. The van der Waals surface area contributed by atoms with E-state index in [0.717, 1.165) is 12.8 Å². The van der Waals surface area contributed by atoms with E-state index in [1.165, 1.54) is 0 Å². The van der Waals surface area contributed by atoms with Crippen LogP contribution in [0.2, 0.25) is 0 Å². The molecule has 1 rings (SSSR count). The number of oxime groups is 1. The molecule has 11 heavy (non-hydrogen) atoms. The van der Waals surface area contributed by atoms with E-state index in [1.807, 2.05) is 6.92 Å². The first-order valence-corrected chi connectivity index (χ1v) is 3.82. The number of hydrogen-bond acceptors (Lipinski definition) is 4. The number of nitrogens with zero attached hydrogens (tertiary/aromatic N) is 1. The smallest absolute Gasteiger partial charge is 0.200 e. The summed E-state index contributed by atoms with van der Waals surface area (Å²) in [4.78, 5) is 0. The van der Waals surface area contributed by atoms with Gasteiger partial charge in [0.2, 0.25) is 0 Å². The van der Waals surface area contributed by atoms with E-state index < -0.39 is 6.29 Å². The standard InChI is InChI=1S/C7H13NO3/c1-2-10-7-6(8-9)4-3-5-11-7/h7,9H,2-5H2,1H3/b8-6-. The van der Waals surface area contributed by atoms with Gasteiger partial charge in [-0.05, 0) is 19.8 Å². The van der Waals surface area contributed by atoms with Crippen molar-refractivity contribution in [3.8, 4) is 0 Å². The zero-order chi connectivity index (χ0) is 8.10. The van der Waals surface area contributed by atoms with Crippen molar-refractivity contribution in [3.05, 3.63) is 0 Å². The third kappa shape index (κ3) is 2.17. The van der Waals surface area contributed by atoms with Gasteiger partial charge >= 0.3 is 0 Å². The van der Waals surface area contributed by atoms with Gasteiger partial charge in [0.05, 0.1) is 6.61 Å². The molecule has 0 radical (unpaired) electrons. The molecule has 1 unspecified atom stereocenters. The lowest BCUT2D eigenvalue weighted by Gasteiger charge is -2.22. The van der Waals surface area contributed by atoms with Crippen molar-refractivity contribution in [1.29, 1.82) is 0 Å². The van der Waals surface area contributed by atoms with Crippen LogP contribution in [0.3, 0.4) is 0 Å². The third-order valence-corrected chi connectivity index (χ3v) is 1.57. The van der Waals surface area contributed by atoms with Crippen molar-refractivity contribution < 1.29 is 14.7 Å². The highest BCUT2D eigenvalue weighted by Crippen LogP contribution is 2.11. The molecule has 0 spiro atoms. The van der Waals surface area contributed by atoms with Gasteiger partial charge in [-0.25, -0.2) is 0 Å². The van der Waals surface area contributed by atoms with E-state index in [0.29, 0.717) is 18.9 Å². The maximum Gasteiger partial charge on any atom is 0.200 e. The normalized spacial score (nSPS) is 29.2. The largest absolute Gasteiger partial charge is 0.411 e. The van der Waals surface area contributed by atoms with Gasteiger partial charge < -0.3 is 14.7 Å². The Labute approximate surface area is 65.8 Å². The van der Waals surface area contributed by atoms with E-state index >= 15 is 0 Å². The summed E-state index contributed by atoms with van der Waals surface area (Å²) in [6.45, 7) is 3.14. The Kier molecular flexibility index (Phi) is 3.32. The minimum atomic E-state index is -0.418.